The van der Waals surface area contributed by atoms with Gasteiger partial charge >= 0.3 is 0 Å². The van der Waals surface area contributed by atoms with Crippen LogP contribution in [0.15, 0.2) is 77.8 Å². The van der Waals surface area contributed by atoms with Crippen molar-refractivity contribution in [2.75, 3.05) is 0 Å². The van der Waals surface area contributed by atoms with E-state index < -0.39 is 4.92 Å². The largest absolute Gasteiger partial charge is 0.494 e. The number of nitrogens with zero attached hydrogens (tertiary/aromatic N) is 3. The molecule has 0 bridgehead atoms. The van der Waals surface area contributed by atoms with Gasteiger partial charge in [0.2, 0.25) is 0 Å². The molecule has 2 N–H and O–H groups in total. The molecular weight excluding hydrogens is 368 g/mol. The Kier molecular flexibility index (Phi) is 4.51. The summed E-state index contributed by atoms with van der Waals surface area (Å²) in [4.78, 5) is 18.3. The van der Waals surface area contributed by atoms with Crippen molar-refractivity contribution < 1.29 is 10.0 Å². The van der Waals surface area contributed by atoms with Crippen LogP contribution in [0, 0.1) is 21.4 Å². The quantitative estimate of drug-likeness (QED) is 0.299. The monoisotopic (exact) mass is 382 g/mol. The molecule has 4 rings (SSSR count). The molecule has 1 aromatic heterocycles. The van der Waals surface area contributed by atoms with E-state index >= 15 is 0 Å². The van der Waals surface area contributed by atoms with Gasteiger partial charge in [-0.25, -0.2) is 4.99 Å². The highest BCUT2D eigenvalue weighted by atomic mass is 16.6. The Balaban J connectivity index is 1.98. The van der Waals surface area contributed by atoms with Crippen LogP contribution in [0.4, 0.5) is 11.4 Å². The topological polar surface area (TPSA) is 115 Å². The number of nitrogens with one attached hydrogen (secondary N) is 1. The maximum Gasteiger partial charge on any atom is 0.270 e. The van der Waals surface area contributed by atoms with Gasteiger partial charge in [0.25, 0.3) is 5.69 Å². The first-order valence-electron chi connectivity index (χ1n) is 8.70. The maximum absolute atomic E-state index is 11.2. The summed E-state index contributed by atoms with van der Waals surface area (Å²) >= 11 is 0. The minimum Gasteiger partial charge on any atom is -0.494 e. The summed E-state index contributed by atoms with van der Waals surface area (Å²) in [5.41, 5.74) is 3.14. The summed E-state index contributed by atoms with van der Waals surface area (Å²) in [5.74, 6) is -0.128. The van der Waals surface area contributed by atoms with Crippen LogP contribution in [0.2, 0.25) is 0 Å². The zero-order valence-corrected chi connectivity index (χ0v) is 15.0. The highest BCUT2D eigenvalue weighted by molar-refractivity contribution is 6.22. The molecule has 0 spiro atoms. The van der Waals surface area contributed by atoms with Crippen molar-refractivity contribution in [3.8, 4) is 11.9 Å². The van der Waals surface area contributed by atoms with Gasteiger partial charge in [0.05, 0.1) is 33.5 Å². The molecule has 140 valence electrons. The third-order valence-corrected chi connectivity index (χ3v) is 4.49. The Bertz CT molecular complexity index is 1280. The van der Waals surface area contributed by atoms with Crippen LogP contribution in [-0.4, -0.2) is 20.7 Å². The number of fused-ring (bicyclic) bond motifs is 1. The third-order valence-electron chi connectivity index (χ3n) is 4.49. The van der Waals surface area contributed by atoms with E-state index in [-0.39, 0.29) is 11.6 Å². The number of nitriles is 1. The van der Waals surface area contributed by atoms with E-state index in [2.05, 4.69) is 16.0 Å². The molecule has 1 heterocycles. The molecule has 0 unspecified atom stereocenters. The number of non-ortho nitro benzene ring substituents is 1. The van der Waals surface area contributed by atoms with Gasteiger partial charge in [0.1, 0.15) is 0 Å². The number of hydrogen-bond acceptors (Lipinski definition) is 5. The molecule has 3 aromatic carbocycles. The van der Waals surface area contributed by atoms with E-state index in [9.17, 15) is 15.2 Å². The normalized spacial score (nSPS) is 11.3. The van der Waals surface area contributed by atoms with Crippen molar-refractivity contribution in [2.45, 2.75) is 0 Å². The Morgan fingerprint density at radius 2 is 1.79 bits per heavy atom. The Hall–Kier alpha value is -4.44. The number of H-pyrrole nitrogens is 1. The lowest BCUT2D eigenvalue weighted by atomic mass is 10.0. The zero-order chi connectivity index (χ0) is 20.4. The van der Waals surface area contributed by atoms with E-state index in [1.807, 2.05) is 30.3 Å². The average Bonchev–Trinajstić information content (AvgIpc) is 3.07. The van der Waals surface area contributed by atoms with Crippen LogP contribution >= 0.6 is 0 Å². The highest BCUT2D eigenvalue weighted by Crippen LogP contribution is 2.33. The second-order valence-electron chi connectivity index (χ2n) is 6.32. The molecule has 29 heavy (non-hydrogen) atoms. The van der Waals surface area contributed by atoms with Gasteiger partial charge in [0, 0.05) is 28.6 Å². The summed E-state index contributed by atoms with van der Waals surface area (Å²) < 4.78 is 0. The van der Waals surface area contributed by atoms with E-state index in [1.165, 1.54) is 12.1 Å². The first kappa shape index (κ1) is 17.9. The van der Waals surface area contributed by atoms with Gasteiger partial charge < -0.3 is 10.1 Å². The van der Waals surface area contributed by atoms with Gasteiger partial charge in [-0.2, -0.15) is 5.26 Å². The number of aromatic amines is 1. The van der Waals surface area contributed by atoms with Gasteiger partial charge in [-0.1, -0.05) is 30.3 Å². The second-order valence-corrected chi connectivity index (χ2v) is 6.32. The first-order chi connectivity index (χ1) is 14.1. The van der Waals surface area contributed by atoms with E-state index in [0.717, 1.165) is 5.56 Å². The summed E-state index contributed by atoms with van der Waals surface area (Å²) in [6.45, 7) is 0. The summed E-state index contributed by atoms with van der Waals surface area (Å²) in [7, 11) is 0. The number of rotatable bonds is 4. The molecule has 0 saturated carbocycles. The molecule has 0 aliphatic rings. The summed E-state index contributed by atoms with van der Waals surface area (Å²) in [5, 5.41) is 31.3. The van der Waals surface area contributed by atoms with E-state index in [1.54, 1.807) is 30.3 Å². The van der Waals surface area contributed by atoms with Crippen LogP contribution in [0.5, 0.6) is 5.88 Å². The number of aromatic nitrogens is 1. The van der Waals surface area contributed by atoms with Crippen LogP contribution in [0.25, 0.3) is 10.9 Å². The van der Waals surface area contributed by atoms with Crippen molar-refractivity contribution in [1.82, 2.24) is 4.98 Å². The molecule has 7 heteroatoms. The maximum atomic E-state index is 11.2. The molecule has 0 fully saturated rings. The predicted octanol–water partition coefficient (Wildman–Crippen LogP) is 4.82. The van der Waals surface area contributed by atoms with Crippen molar-refractivity contribution in [1.29, 1.82) is 5.26 Å². The molecule has 4 aromatic rings. The fourth-order valence-corrected chi connectivity index (χ4v) is 3.12. The smallest absolute Gasteiger partial charge is 0.270 e. The Morgan fingerprint density at radius 1 is 1.07 bits per heavy atom. The summed E-state index contributed by atoms with van der Waals surface area (Å²) in [6, 6.07) is 22.4. The van der Waals surface area contributed by atoms with Crippen molar-refractivity contribution in [3.05, 3.63) is 99.6 Å². The fraction of sp³-hybridized carbons (Fsp3) is 0. The number of nitro benzene ring substituents is 1. The minimum atomic E-state index is -0.479. The first-order valence-corrected chi connectivity index (χ1v) is 8.70. The third kappa shape index (κ3) is 3.42. The molecule has 0 atom stereocenters. The number of benzene rings is 3. The minimum absolute atomic E-state index is 0.0801. The Morgan fingerprint density at radius 3 is 2.45 bits per heavy atom. The predicted molar refractivity (Wildman–Crippen MR) is 110 cm³/mol. The van der Waals surface area contributed by atoms with E-state index in [4.69, 9.17) is 5.26 Å². The molecule has 0 amide bonds. The lowest BCUT2D eigenvalue weighted by molar-refractivity contribution is -0.384. The van der Waals surface area contributed by atoms with Gasteiger partial charge in [0.15, 0.2) is 5.88 Å². The number of aliphatic imine (C=N–C) groups is 1. The molecule has 0 aliphatic heterocycles. The van der Waals surface area contributed by atoms with Crippen molar-refractivity contribution >= 4 is 28.0 Å². The molecule has 0 saturated heterocycles. The number of nitro groups is 1. The van der Waals surface area contributed by atoms with Crippen LogP contribution < -0.4 is 0 Å². The molecule has 7 nitrogen and oxygen atoms in total. The standard InChI is InChI=1S/C22H14N4O3/c23-13-14-6-8-16(9-7-14)24-21(15-4-2-1-3-5-15)20-18-12-17(26(28)29)10-11-19(18)25-22(20)27/h1-12,25,27H. The zero-order valence-electron chi connectivity index (χ0n) is 15.0. The van der Waals surface area contributed by atoms with Crippen LogP contribution in [0.3, 0.4) is 0 Å². The number of aromatic hydroxyl groups is 1. The number of hydrogen-bond donors (Lipinski definition) is 2. The van der Waals surface area contributed by atoms with Gasteiger partial charge in [-0.05, 0) is 30.3 Å². The van der Waals surface area contributed by atoms with Crippen molar-refractivity contribution in [3.63, 3.8) is 0 Å². The average molecular weight is 382 g/mol. The fourth-order valence-electron chi connectivity index (χ4n) is 3.12. The molecule has 0 aliphatic carbocycles. The second kappa shape index (κ2) is 7.29. The van der Waals surface area contributed by atoms with Gasteiger partial charge in [-0.3, -0.25) is 10.1 Å². The highest BCUT2D eigenvalue weighted by Gasteiger charge is 2.20. The van der Waals surface area contributed by atoms with Crippen molar-refractivity contribution in [2.24, 2.45) is 4.99 Å². The van der Waals surface area contributed by atoms with Crippen LogP contribution in [0.1, 0.15) is 16.7 Å². The lowest BCUT2D eigenvalue weighted by Crippen LogP contribution is -2.03. The lowest BCUT2D eigenvalue weighted by Gasteiger charge is -2.08. The van der Waals surface area contributed by atoms with E-state index in [0.29, 0.717) is 33.4 Å². The summed E-state index contributed by atoms with van der Waals surface area (Å²) in [6.07, 6.45) is 0. The molecular formula is C22H14N4O3. The van der Waals surface area contributed by atoms with Crippen LogP contribution in [-0.2, 0) is 0 Å². The molecule has 0 radical (unpaired) electrons. The SMILES string of the molecule is N#Cc1ccc(N=C(c2ccccc2)c2c(O)[nH]c3ccc([N+](=O)[O-])cc23)cc1. The van der Waals surface area contributed by atoms with Gasteiger partial charge in [-0.15, -0.1) is 0 Å². The Labute approximate surface area is 165 Å².